The largest absolute Gasteiger partial charge is 0.481 e. The number of aliphatic carboxylic acids is 1. The molecule has 2 N–H and O–H groups in total. The highest BCUT2D eigenvalue weighted by atomic mass is 32.1. The highest BCUT2D eigenvalue weighted by molar-refractivity contribution is 7.13. The van der Waals surface area contributed by atoms with Gasteiger partial charge in [0.25, 0.3) is 5.91 Å². The van der Waals surface area contributed by atoms with Crippen LogP contribution in [0, 0.1) is 12.8 Å². The summed E-state index contributed by atoms with van der Waals surface area (Å²) in [5.41, 5.74) is 0.0462. The lowest BCUT2D eigenvalue weighted by molar-refractivity contribution is -0.145. The van der Waals surface area contributed by atoms with Gasteiger partial charge in [0.05, 0.1) is 22.2 Å². The molecule has 1 aliphatic rings. The number of thiazole rings is 1. The standard InChI is InChI=1S/C15H22N2O3S/c1-4-11-16-9(2)12(21-11)13(18)17-15(3)8-6-5-7-10(15)14(19)20/h10H,4-8H2,1-3H3,(H,17,18)(H,19,20). The van der Waals surface area contributed by atoms with Crippen molar-refractivity contribution in [2.24, 2.45) is 5.92 Å². The predicted molar refractivity (Wildman–Crippen MR) is 81.7 cm³/mol. The number of aromatic nitrogens is 1. The lowest BCUT2D eigenvalue weighted by Crippen LogP contribution is -2.55. The van der Waals surface area contributed by atoms with Gasteiger partial charge in [-0.3, -0.25) is 9.59 Å². The first kappa shape index (κ1) is 15.9. The van der Waals surface area contributed by atoms with E-state index in [0.717, 1.165) is 30.0 Å². The van der Waals surface area contributed by atoms with E-state index in [2.05, 4.69) is 10.3 Å². The van der Waals surface area contributed by atoms with Crippen LogP contribution >= 0.6 is 11.3 Å². The van der Waals surface area contributed by atoms with Crippen molar-refractivity contribution in [3.8, 4) is 0 Å². The minimum atomic E-state index is -0.826. The Morgan fingerprint density at radius 3 is 2.76 bits per heavy atom. The first-order chi connectivity index (χ1) is 9.87. The fraction of sp³-hybridized carbons (Fsp3) is 0.667. The first-order valence-corrected chi connectivity index (χ1v) is 8.20. The third kappa shape index (κ3) is 3.26. The maximum atomic E-state index is 12.5. The Labute approximate surface area is 128 Å². The smallest absolute Gasteiger partial charge is 0.308 e. The Balaban J connectivity index is 2.20. The average molecular weight is 310 g/mol. The van der Waals surface area contributed by atoms with Crippen LogP contribution in [0.2, 0.25) is 0 Å². The molecule has 1 aromatic rings. The number of nitrogens with one attached hydrogen (secondary N) is 1. The van der Waals surface area contributed by atoms with Crippen molar-refractivity contribution in [1.82, 2.24) is 10.3 Å². The first-order valence-electron chi connectivity index (χ1n) is 7.39. The van der Waals surface area contributed by atoms with Crippen LogP contribution < -0.4 is 5.32 Å². The van der Waals surface area contributed by atoms with Crippen LogP contribution in [0.4, 0.5) is 0 Å². The molecule has 1 heterocycles. The van der Waals surface area contributed by atoms with Gasteiger partial charge >= 0.3 is 5.97 Å². The number of carbonyl (C=O) groups is 2. The Hall–Kier alpha value is -1.43. The summed E-state index contributed by atoms with van der Waals surface area (Å²) in [5, 5.41) is 13.3. The van der Waals surface area contributed by atoms with Crippen molar-refractivity contribution in [2.75, 3.05) is 0 Å². The number of carboxylic acids is 1. The van der Waals surface area contributed by atoms with Gasteiger partial charge in [0.2, 0.25) is 0 Å². The zero-order valence-electron chi connectivity index (χ0n) is 12.7. The molecular weight excluding hydrogens is 288 g/mol. The normalized spacial score (nSPS) is 25.6. The van der Waals surface area contributed by atoms with E-state index in [1.807, 2.05) is 20.8 Å². The van der Waals surface area contributed by atoms with Gasteiger partial charge in [0.15, 0.2) is 0 Å². The van der Waals surface area contributed by atoms with Gasteiger partial charge in [0.1, 0.15) is 4.88 Å². The highest BCUT2D eigenvalue weighted by Crippen LogP contribution is 2.34. The maximum absolute atomic E-state index is 12.5. The molecular formula is C15H22N2O3S. The second kappa shape index (κ2) is 6.13. The van der Waals surface area contributed by atoms with Crippen LogP contribution in [0.3, 0.4) is 0 Å². The lowest BCUT2D eigenvalue weighted by atomic mass is 9.74. The molecule has 1 saturated carbocycles. The molecule has 1 amide bonds. The topological polar surface area (TPSA) is 79.3 Å². The predicted octanol–water partition coefficient (Wildman–Crippen LogP) is 2.78. The monoisotopic (exact) mass is 310 g/mol. The van der Waals surface area contributed by atoms with Crippen molar-refractivity contribution in [2.45, 2.75) is 58.4 Å². The number of carbonyl (C=O) groups excluding carboxylic acids is 1. The highest BCUT2D eigenvalue weighted by Gasteiger charge is 2.42. The zero-order chi connectivity index (χ0) is 15.6. The minimum Gasteiger partial charge on any atom is -0.481 e. The summed E-state index contributed by atoms with van der Waals surface area (Å²) in [6, 6.07) is 0. The number of aryl methyl sites for hydroxylation is 2. The van der Waals surface area contributed by atoms with Crippen molar-refractivity contribution in [1.29, 1.82) is 0 Å². The van der Waals surface area contributed by atoms with Gasteiger partial charge < -0.3 is 10.4 Å². The molecule has 0 saturated heterocycles. The summed E-state index contributed by atoms with van der Waals surface area (Å²) >= 11 is 1.39. The average Bonchev–Trinajstić information content (AvgIpc) is 2.79. The molecule has 1 aliphatic carbocycles. The van der Waals surface area contributed by atoms with Crippen LogP contribution in [-0.4, -0.2) is 27.5 Å². The molecule has 21 heavy (non-hydrogen) atoms. The van der Waals surface area contributed by atoms with Crippen LogP contribution in [-0.2, 0) is 11.2 Å². The molecule has 2 atom stereocenters. The van der Waals surface area contributed by atoms with E-state index in [1.54, 1.807) is 0 Å². The third-order valence-corrected chi connectivity index (χ3v) is 5.56. The molecule has 1 aromatic heterocycles. The Kier molecular flexibility index (Phi) is 4.66. The van der Waals surface area contributed by atoms with Gasteiger partial charge in [0, 0.05) is 0 Å². The Morgan fingerprint density at radius 2 is 2.19 bits per heavy atom. The van der Waals surface area contributed by atoms with Crippen molar-refractivity contribution in [3.63, 3.8) is 0 Å². The van der Waals surface area contributed by atoms with Crippen LogP contribution in [0.25, 0.3) is 0 Å². The molecule has 2 unspecified atom stereocenters. The van der Waals surface area contributed by atoms with E-state index >= 15 is 0 Å². The van der Waals surface area contributed by atoms with Gasteiger partial charge in [-0.25, -0.2) is 4.98 Å². The SMILES string of the molecule is CCc1nc(C)c(C(=O)NC2(C)CCCCC2C(=O)O)s1. The summed E-state index contributed by atoms with van der Waals surface area (Å²) in [6.45, 7) is 5.67. The third-order valence-electron chi connectivity index (χ3n) is 4.25. The van der Waals surface area contributed by atoms with Gasteiger partial charge in [-0.2, -0.15) is 0 Å². The second-order valence-corrected chi connectivity index (χ2v) is 6.97. The molecule has 0 aromatic carbocycles. The summed E-state index contributed by atoms with van der Waals surface area (Å²) in [4.78, 5) is 28.9. The Morgan fingerprint density at radius 1 is 1.48 bits per heavy atom. The fourth-order valence-corrected chi connectivity index (χ4v) is 3.91. The number of hydrogen-bond donors (Lipinski definition) is 2. The molecule has 0 radical (unpaired) electrons. The summed E-state index contributed by atoms with van der Waals surface area (Å²) in [5.74, 6) is -1.54. The number of hydrogen-bond acceptors (Lipinski definition) is 4. The summed E-state index contributed by atoms with van der Waals surface area (Å²) < 4.78 is 0. The van der Waals surface area contributed by atoms with Crippen molar-refractivity contribution < 1.29 is 14.7 Å². The van der Waals surface area contributed by atoms with Gasteiger partial charge in [-0.05, 0) is 33.1 Å². The van der Waals surface area contributed by atoms with E-state index in [0.29, 0.717) is 17.7 Å². The molecule has 0 bridgehead atoms. The van der Waals surface area contributed by atoms with Crippen LogP contribution in [0.15, 0.2) is 0 Å². The Bertz CT molecular complexity index is 555. The number of carboxylic acid groups (broad SMARTS) is 1. The summed E-state index contributed by atoms with van der Waals surface area (Å²) in [7, 11) is 0. The molecule has 5 nitrogen and oxygen atoms in total. The lowest BCUT2D eigenvalue weighted by Gasteiger charge is -2.39. The van der Waals surface area contributed by atoms with Gasteiger partial charge in [-0.1, -0.05) is 19.8 Å². The molecule has 2 rings (SSSR count). The summed E-state index contributed by atoms with van der Waals surface area (Å²) in [6.07, 6.45) is 3.97. The number of amides is 1. The zero-order valence-corrected chi connectivity index (χ0v) is 13.5. The molecule has 1 fully saturated rings. The van der Waals surface area contributed by atoms with Crippen LogP contribution in [0.5, 0.6) is 0 Å². The van der Waals surface area contributed by atoms with E-state index in [4.69, 9.17) is 0 Å². The fourth-order valence-electron chi connectivity index (χ4n) is 3.01. The van der Waals surface area contributed by atoms with E-state index < -0.39 is 17.4 Å². The molecule has 116 valence electrons. The maximum Gasteiger partial charge on any atom is 0.308 e. The van der Waals surface area contributed by atoms with E-state index in [-0.39, 0.29) is 5.91 Å². The minimum absolute atomic E-state index is 0.194. The quantitative estimate of drug-likeness (QED) is 0.896. The van der Waals surface area contributed by atoms with E-state index in [1.165, 1.54) is 11.3 Å². The van der Waals surface area contributed by atoms with Crippen molar-refractivity contribution in [3.05, 3.63) is 15.6 Å². The molecule has 0 aliphatic heterocycles. The number of nitrogens with zero attached hydrogens (tertiary/aromatic N) is 1. The van der Waals surface area contributed by atoms with Crippen LogP contribution in [0.1, 0.15) is 59.9 Å². The molecule has 6 heteroatoms. The van der Waals surface area contributed by atoms with Gasteiger partial charge in [-0.15, -0.1) is 11.3 Å². The van der Waals surface area contributed by atoms with E-state index in [9.17, 15) is 14.7 Å². The molecule has 0 spiro atoms. The van der Waals surface area contributed by atoms with Crippen molar-refractivity contribution >= 4 is 23.2 Å². The number of rotatable bonds is 4. The second-order valence-electron chi connectivity index (χ2n) is 5.88.